The van der Waals surface area contributed by atoms with E-state index in [9.17, 15) is 9.59 Å². The van der Waals surface area contributed by atoms with Crippen molar-refractivity contribution in [3.63, 3.8) is 0 Å². The van der Waals surface area contributed by atoms with E-state index in [0.29, 0.717) is 22.8 Å². The van der Waals surface area contributed by atoms with Crippen molar-refractivity contribution in [2.24, 2.45) is 0 Å². The lowest BCUT2D eigenvalue weighted by molar-refractivity contribution is -0.143. The van der Waals surface area contributed by atoms with Gasteiger partial charge in [0.2, 0.25) is 5.91 Å². The van der Waals surface area contributed by atoms with E-state index in [0.717, 1.165) is 31.2 Å². The summed E-state index contributed by atoms with van der Waals surface area (Å²) in [5, 5.41) is 11.5. The summed E-state index contributed by atoms with van der Waals surface area (Å²) in [5.41, 5.74) is 1.45. The van der Waals surface area contributed by atoms with E-state index in [2.05, 4.69) is 15.6 Å². The molecule has 1 N–H and O–H groups in total. The van der Waals surface area contributed by atoms with Gasteiger partial charge in [-0.25, -0.2) is 4.68 Å². The molecule has 4 aromatic rings. The smallest absolute Gasteiger partial charge is 0.250 e. The second-order valence-electron chi connectivity index (χ2n) is 9.03. The zero-order chi connectivity index (χ0) is 24.2. The van der Waals surface area contributed by atoms with Gasteiger partial charge in [0, 0.05) is 6.04 Å². The predicted octanol–water partition coefficient (Wildman–Crippen LogP) is 4.14. The minimum Gasteiger partial charge on any atom is -0.467 e. The number of para-hydroxylation sites is 1. The molecule has 35 heavy (non-hydrogen) atoms. The Kier molecular flexibility index (Phi) is 6.65. The molecule has 5 rings (SSSR count). The third-order valence-corrected chi connectivity index (χ3v) is 6.47. The zero-order valence-electron chi connectivity index (χ0n) is 19.7. The van der Waals surface area contributed by atoms with E-state index >= 15 is 0 Å². The summed E-state index contributed by atoms with van der Waals surface area (Å²) in [4.78, 5) is 29.0. The van der Waals surface area contributed by atoms with Crippen LogP contribution in [-0.2, 0) is 22.7 Å². The Morgan fingerprint density at radius 2 is 1.94 bits per heavy atom. The van der Waals surface area contributed by atoms with Gasteiger partial charge in [0.25, 0.3) is 5.91 Å². The lowest BCUT2D eigenvalue weighted by Gasteiger charge is -2.31. The molecule has 9 nitrogen and oxygen atoms in total. The summed E-state index contributed by atoms with van der Waals surface area (Å²) in [6.45, 7) is 1.86. The Labute approximate surface area is 203 Å². The monoisotopic (exact) mass is 475 g/mol. The Morgan fingerprint density at radius 1 is 1.11 bits per heavy atom. The number of nitrogens with zero attached hydrogens (tertiary/aromatic N) is 4. The highest BCUT2D eigenvalue weighted by atomic mass is 16.3. The lowest BCUT2D eigenvalue weighted by Crippen LogP contribution is -2.47. The number of hydrogen-bond donors (Lipinski definition) is 1. The van der Waals surface area contributed by atoms with Crippen LogP contribution >= 0.6 is 0 Å². The molecule has 1 fully saturated rings. The maximum atomic E-state index is 13.8. The van der Waals surface area contributed by atoms with Gasteiger partial charge in [-0.2, -0.15) is 0 Å². The average molecular weight is 476 g/mol. The highest BCUT2D eigenvalue weighted by Gasteiger charge is 2.36. The van der Waals surface area contributed by atoms with E-state index in [1.54, 1.807) is 35.2 Å². The van der Waals surface area contributed by atoms with Crippen molar-refractivity contribution in [3.8, 4) is 0 Å². The van der Waals surface area contributed by atoms with Crippen LogP contribution in [-0.4, -0.2) is 37.7 Å². The second kappa shape index (κ2) is 10.2. The Hall–Kier alpha value is -3.88. The van der Waals surface area contributed by atoms with Crippen LogP contribution in [0.1, 0.15) is 55.4 Å². The normalized spacial score (nSPS) is 15.2. The minimum atomic E-state index is -0.946. The van der Waals surface area contributed by atoms with Crippen LogP contribution in [0, 0.1) is 6.92 Å². The van der Waals surface area contributed by atoms with Gasteiger partial charge in [0.1, 0.15) is 29.3 Å². The van der Waals surface area contributed by atoms with Crippen molar-refractivity contribution >= 4 is 22.8 Å². The maximum absolute atomic E-state index is 13.8. The fourth-order valence-corrected chi connectivity index (χ4v) is 4.70. The fraction of sp³-hybridized carbons (Fsp3) is 0.385. The maximum Gasteiger partial charge on any atom is 0.250 e. The zero-order valence-corrected chi connectivity index (χ0v) is 19.7. The van der Waals surface area contributed by atoms with Gasteiger partial charge < -0.3 is 19.1 Å². The minimum absolute atomic E-state index is 0.0753. The van der Waals surface area contributed by atoms with Gasteiger partial charge in [-0.15, -0.1) is 5.10 Å². The Bertz CT molecular complexity index is 1290. The molecule has 9 heteroatoms. The van der Waals surface area contributed by atoms with Gasteiger partial charge in [0.15, 0.2) is 6.04 Å². The molecule has 1 aliphatic rings. The molecule has 3 aromatic heterocycles. The Morgan fingerprint density at radius 3 is 2.69 bits per heavy atom. The SMILES string of the molecule is Cc1ccc([C@H](C(=O)NC2CCCCC2)N(Cc2ccco2)C(=O)Cn2nnc3ccccc32)o1. The first kappa shape index (κ1) is 22.9. The van der Waals surface area contributed by atoms with Gasteiger partial charge in [0.05, 0.1) is 18.3 Å². The molecule has 1 aromatic carbocycles. The number of furan rings is 2. The molecule has 1 atom stereocenters. The Balaban J connectivity index is 1.48. The number of hydrogen-bond acceptors (Lipinski definition) is 6. The molecule has 3 heterocycles. The number of benzene rings is 1. The van der Waals surface area contributed by atoms with Gasteiger partial charge in [-0.1, -0.05) is 36.6 Å². The van der Waals surface area contributed by atoms with Gasteiger partial charge >= 0.3 is 0 Å². The number of aromatic nitrogens is 3. The van der Waals surface area contributed by atoms with Crippen molar-refractivity contribution in [2.75, 3.05) is 0 Å². The molecule has 2 amide bonds. The van der Waals surface area contributed by atoms with Crippen LogP contribution in [0.2, 0.25) is 0 Å². The van der Waals surface area contributed by atoms with Gasteiger partial charge in [-0.05, 0) is 56.2 Å². The second-order valence-corrected chi connectivity index (χ2v) is 9.03. The molecule has 182 valence electrons. The highest BCUT2D eigenvalue weighted by molar-refractivity contribution is 5.89. The van der Waals surface area contributed by atoms with E-state index in [-0.39, 0.29) is 30.9 Å². The lowest BCUT2D eigenvalue weighted by atomic mass is 9.95. The molecule has 0 radical (unpaired) electrons. The van der Waals surface area contributed by atoms with Crippen LogP contribution in [0.25, 0.3) is 11.0 Å². The highest BCUT2D eigenvalue weighted by Crippen LogP contribution is 2.28. The molecule has 1 saturated carbocycles. The molecular formula is C26H29N5O4. The standard InChI is InChI=1S/C26H29N5O4/c1-18-13-14-23(35-18)25(26(33)27-19-8-3-2-4-9-19)30(16-20-10-7-15-34-20)24(32)17-31-22-12-6-5-11-21(22)28-29-31/h5-7,10-15,19,25H,2-4,8-9,16-17H2,1H3,(H,27,33)/t25-/m1/s1. The number of rotatable bonds is 8. The van der Waals surface area contributed by atoms with Crippen molar-refractivity contribution in [1.82, 2.24) is 25.2 Å². The van der Waals surface area contributed by atoms with Crippen LogP contribution in [0.3, 0.4) is 0 Å². The number of nitrogens with one attached hydrogen (secondary N) is 1. The van der Waals surface area contributed by atoms with Crippen LogP contribution in [0.15, 0.2) is 63.6 Å². The summed E-state index contributed by atoms with van der Waals surface area (Å²) in [6, 6.07) is 13.7. The summed E-state index contributed by atoms with van der Waals surface area (Å²) >= 11 is 0. The van der Waals surface area contributed by atoms with Crippen molar-refractivity contribution in [3.05, 3.63) is 72.1 Å². The molecule has 0 unspecified atom stereocenters. The largest absolute Gasteiger partial charge is 0.467 e. The van der Waals surface area contributed by atoms with Crippen molar-refractivity contribution in [2.45, 2.75) is 64.2 Å². The number of carbonyl (C=O) groups is 2. The third kappa shape index (κ3) is 5.13. The molecular weight excluding hydrogens is 446 g/mol. The first-order valence-electron chi connectivity index (χ1n) is 12.1. The number of fused-ring (bicyclic) bond motifs is 1. The molecule has 1 aliphatic carbocycles. The van der Waals surface area contributed by atoms with E-state index in [1.165, 1.54) is 11.3 Å². The molecule has 0 saturated heterocycles. The summed E-state index contributed by atoms with van der Waals surface area (Å²) in [6.07, 6.45) is 6.78. The first-order valence-corrected chi connectivity index (χ1v) is 12.1. The first-order chi connectivity index (χ1) is 17.1. The predicted molar refractivity (Wildman–Crippen MR) is 128 cm³/mol. The van der Waals surface area contributed by atoms with Gasteiger partial charge in [-0.3, -0.25) is 9.59 Å². The average Bonchev–Trinajstić information content (AvgIpc) is 3.62. The third-order valence-electron chi connectivity index (χ3n) is 6.47. The topological polar surface area (TPSA) is 106 Å². The number of aryl methyl sites for hydroxylation is 1. The summed E-state index contributed by atoms with van der Waals surface area (Å²) in [7, 11) is 0. The summed E-state index contributed by atoms with van der Waals surface area (Å²) < 4.78 is 13.0. The van der Waals surface area contributed by atoms with Crippen molar-refractivity contribution < 1.29 is 18.4 Å². The van der Waals surface area contributed by atoms with Crippen LogP contribution in [0.5, 0.6) is 0 Å². The van der Waals surface area contributed by atoms with Crippen molar-refractivity contribution in [1.29, 1.82) is 0 Å². The number of amides is 2. The van der Waals surface area contributed by atoms with Crippen LogP contribution in [0.4, 0.5) is 0 Å². The fourth-order valence-electron chi connectivity index (χ4n) is 4.70. The van der Waals surface area contributed by atoms with E-state index < -0.39 is 6.04 Å². The van der Waals surface area contributed by atoms with E-state index in [4.69, 9.17) is 8.83 Å². The quantitative estimate of drug-likeness (QED) is 0.410. The van der Waals surface area contributed by atoms with E-state index in [1.807, 2.05) is 31.2 Å². The molecule has 0 spiro atoms. The van der Waals surface area contributed by atoms with Crippen LogP contribution < -0.4 is 5.32 Å². The summed E-state index contributed by atoms with van der Waals surface area (Å²) in [5.74, 6) is 1.10. The number of carbonyl (C=O) groups excluding carboxylic acids is 2. The molecule has 0 aliphatic heterocycles. The molecule has 0 bridgehead atoms.